The Morgan fingerprint density at radius 1 is 1.00 bits per heavy atom. The summed E-state index contributed by atoms with van der Waals surface area (Å²) >= 11 is 12.1. The summed E-state index contributed by atoms with van der Waals surface area (Å²) in [6, 6.07) is 15.9. The maximum Gasteiger partial charge on any atom is 0.270 e. The van der Waals surface area contributed by atoms with Gasteiger partial charge in [-0.1, -0.05) is 35.3 Å². The largest absolute Gasteiger partial charge is 0.351 e. The van der Waals surface area contributed by atoms with Gasteiger partial charge in [0.2, 0.25) is 0 Å². The summed E-state index contributed by atoms with van der Waals surface area (Å²) < 4.78 is 0. The Bertz CT molecular complexity index is 999. The fourth-order valence-electron chi connectivity index (χ4n) is 3.90. The van der Waals surface area contributed by atoms with Crippen molar-refractivity contribution in [3.8, 4) is 0 Å². The molecule has 1 fully saturated rings. The summed E-state index contributed by atoms with van der Waals surface area (Å²) in [7, 11) is 0. The van der Waals surface area contributed by atoms with E-state index in [1.54, 1.807) is 0 Å². The van der Waals surface area contributed by atoms with Gasteiger partial charge < -0.3 is 9.88 Å². The van der Waals surface area contributed by atoms with Crippen molar-refractivity contribution in [2.45, 2.75) is 32.5 Å². The van der Waals surface area contributed by atoms with E-state index in [0.29, 0.717) is 17.3 Å². The second kappa shape index (κ2) is 7.78. The Labute approximate surface area is 175 Å². The number of carbonyl (C=O) groups is 1. The molecule has 0 saturated carbocycles. The molecular formula is C22H23Cl2N3O. The Balaban J connectivity index is 1.48. The van der Waals surface area contributed by atoms with Gasteiger partial charge in [-0.25, -0.2) is 0 Å². The predicted octanol–water partition coefficient (Wildman–Crippen LogP) is 5.21. The van der Waals surface area contributed by atoms with Crippen LogP contribution in [0.15, 0.2) is 48.5 Å². The number of piperazine rings is 1. The highest BCUT2D eigenvalue weighted by molar-refractivity contribution is 6.31. The number of amides is 1. The number of halogens is 2. The van der Waals surface area contributed by atoms with Gasteiger partial charge in [-0.3, -0.25) is 9.69 Å². The lowest BCUT2D eigenvalue weighted by Crippen LogP contribution is -2.57. The molecule has 2 heterocycles. The highest BCUT2D eigenvalue weighted by Gasteiger charge is 2.32. The highest BCUT2D eigenvalue weighted by atomic mass is 35.5. The molecule has 1 saturated heterocycles. The summed E-state index contributed by atoms with van der Waals surface area (Å²) in [4.78, 5) is 20.8. The molecule has 0 aliphatic carbocycles. The zero-order valence-corrected chi connectivity index (χ0v) is 17.5. The van der Waals surface area contributed by atoms with Gasteiger partial charge in [-0.2, -0.15) is 0 Å². The van der Waals surface area contributed by atoms with Crippen LogP contribution >= 0.6 is 23.2 Å². The van der Waals surface area contributed by atoms with Crippen LogP contribution in [0.5, 0.6) is 0 Å². The van der Waals surface area contributed by atoms with Crippen LogP contribution in [-0.4, -0.2) is 45.9 Å². The molecule has 2 aromatic carbocycles. The van der Waals surface area contributed by atoms with Crippen LogP contribution in [0.2, 0.25) is 10.0 Å². The first-order valence-corrected chi connectivity index (χ1v) is 10.2. The SMILES string of the molecule is C[C@@H]1CN(C(=O)c2cc3cc(Cl)ccc3[nH]2)[C@@H](C)CN1Cc1ccc(Cl)cc1. The van der Waals surface area contributed by atoms with Gasteiger partial charge in [0.15, 0.2) is 0 Å². The lowest BCUT2D eigenvalue weighted by Gasteiger charge is -2.44. The van der Waals surface area contributed by atoms with Crippen LogP contribution in [0.25, 0.3) is 10.9 Å². The molecule has 0 spiro atoms. The van der Waals surface area contributed by atoms with Gasteiger partial charge >= 0.3 is 0 Å². The van der Waals surface area contributed by atoms with Crippen molar-refractivity contribution >= 4 is 40.0 Å². The first-order valence-electron chi connectivity index (χ1n) is 9.48. The topological polar surface area (TPSA) is 39.3 Å². The molecule has 146 valence electrons. The minimum absolute atomic E-state index is 0.0396. The quantitative estimate of drug-likeness (QED) is 0.637. The maximum atomic E-state index is 13.1. The second-order valence-corrected chi connectivity index (χ2v) is 8.50. The monoisotopic (exact) mass is 415 g/mol. The number of aromatic nitrogens is 1. The van der Waals surface area contributed by atoms with E-state index in [0.717, 1.165) is 29.0 Å². The lowest BCUT2D eigenvalue weighted by atomic mass is 10.1. The number of hydrogen-bond acceptors (Lipinski definition) is 2. The van der Waals surface area contributed by atoms with Gasteiger partial charge in [0.05, 0.1) is 0 Å². The molecule has 1 amide bonds. The number of hydrogen-bond donors (Lipinski definition) is 1. The molecule has 1 aromatic heterocycles. The first-order chi connectivity index (χ1) is 13.4. The Hall–Kier alpha value is -2.01. The van der Waals surface area contributed by atoms with Crippen LogP contribution in [-0.2, 0) is 6.54 Å². The Kier molecular flexibility index (Phi) is 5.37. The summed E-state index contributed by atoms with van der Waals surface area (Å²) in [5, 5.41) is 2.38. The van der Waals surface area contributed by atoms with Crippen LogP contribution in [0.4, 0.5) is 0 Å². The predicted molar refractivity (Wildman–Crippen MR) is 115 cm³/mol. The van der Waals surface area contributed by atoms with E-state index in [1.165, 1.54) is 5.56 Å². The first kappa shape index (κ1) is 19.3. The molecule has 4 nitrogen and oxygen atoms in total. The van der Waals surface area contributed by atoms with Crippen molar-refractivity contribution in [1.82, 2.24) is 14.8 Å². The minimum atomic E-state index is 0.0396. The average molecular weight is 416 g/mol. The van der Waals surface area contributed by atoms with E-state index < -0.39 is 0 Å². The number of nitrogens with zero attached hydrogens (tertiary/aromatic N) is 2. The van der Waals surface area contributed by atoms with Crippen LogP contribution in [0, 0.1) is 0 Å². The molecule has 0 unspecified atom stereocenters. The Morgan fingerprint density at radius 2 is 1.71 bits per heavy atom. The van der Waals surface area contributed by atoms with Crippen molar-refractivity contribution in [3.63, 3.8) is 0 Å². The smallest absolute Gasteiger partial charge is 0.270 e. The number of nitrogens with one attached hydrogen (secondary N) is 1. The molecule has 0 radical (unpaired) electrons. The highest BCUT2D eigenvalue weighted by Crippen LogP contribution is 2.24. The molecule has 0 bridgehead atoms. The van der Waals surface area contributed by atoms with E-state index in [1.807, 2.05) is 41.3 Å². The summed E-state index contributed by atoms with van der Waals surface area (Å²) in [6.45, 7) is 6.67. The fraction of sp³-hybridized carbons (Fsp3) is 0.318. The molecule has 28 heavy (non-hydrogen) atoms. The number of rotatable bonds is 3. The van der Waals surface area contributed by atoms with Crippen molar-refractivity contribution in [2.24, 2.45) is 0 Å². The number of carbonyl (C=O) groups excluding carboxylic acids is 1. The van der Waals surface area contributed by atoms with Gasteiger partial charge in [0.1, 0.15) is 5.69 Å². The minimum Gasteiger partial charge on any atom is -0.351 e. The zero-order valence-electron chi connectivity index (χ0n) is 16.0. The van der Waals surface area contributed by atoms with E-state index in [2.05, 4.69) is 35.9 Å². The van der Waals surface area contributed by atoms with Crippen LogP contribution < -0.4 is 0 Å². The molecule has 3 aromatic rings. The van der Waals surface area contributed by atoms with E-state index in [4.69, 9.17) is 23.2 Å². The molecular weight excluding hydrogens is 393 g/mol. The Morgan fingerprint density at radius 3 is 2.46 bits per heavy atom. The number of fused-ring (bicyclic) bond motifs is 1. The lowest BCUT2D eigenvalue weighted by molar-refractivity contribution is 0.0287. The van der Waals surface area contributed by atoms with Crippen molar-refractivity contribution < 1.29 is 4.79 Å². The van der Waals surface area contributed by atoms with Gasteiger partial charge in [0, 0.05) is 52.7 Å². The molecule has 4 rings (SSSR count). The summed E-state index contributed by atoms with van der Waals surface area (Å²) in [6.07, 6.45) is 0. The maximum absolute atomic E-state index is 13.1. The van der Waals surface area contributed by atoms with Crippen molar-refractivity contribution in [3.05, 3.63) is 69.8 Å². The van der Waals surface area contributed by atoms with Crippen molar-refractivity contribution in [1.29, 1.82) is 0 Å². The normalized spacial score (nSPS) is 20.6. The average Bonchev–Trinajstić information content (AvgIpc) is 3.09. The number of H-pyrrole nitrogens is 1. The molecule has 1 N–H and O–H groups in total. The standard InChI is InChI=1S/C22H23Cl2N3O/c1-14-12-27(15(2)11-26(14)13-16-3-5-18(23)6-4-16)22(28)21-10-17-9-19(24)7-8-20(17)25-21/h3-10,14-15,25H,11-13H2,1-2H3/t14-,15+/m1/s1. The van der Waals surface area contributed by atoms with E-state index >= 15 is 0 Å². The van der Waals surface area contributed by atoms with Gasteiger partial charge in [-0.05, 0) is 55.8 Å². The number of aromatic amines is 1. The third-order valence-electron chi connectivity index (χ3n) is 5.49. The summed E-state index contributed by atoms with van der Waals surface area (Å²) in [5.74, 6) is 0.0396. The molecule has 1 aliphatic rings. The molecule has 6 heteroatoms. The van der Waals surface area contributed by atoms with Gasteiger partial charge in [0.25, 0.3) is 5.91 Å². The summed E-state index contributed by atoms with van der Waals surface area (Å²) in [5.41, 5.74) is 2.77. The van der Waals surface area contributed by atoms with E-state index in [-0.39, 0.29) is 18.0 Å². The number of benzene rings is 2. The van der Waals surface area contributed by atoms with Crippen LogP contribution in [0.1, 0.15) is 29.9 Å². The zero-order chi connectivity index (χ0) is 19.8. The van der Waals surface area contributed by atoms with Crippen LogP contribution in [0.3, 0.4) is 0 Å². The third kappa shape index (κ3) is 3.90. The fourth-order valence-corrected chi connectivity index (χ4v) is 4.21. The van der Waals surface area contributed by atoms with E-state index in [9.17, 15) is 4.79 Å². The third-order valence-corrected chi connectivity index (χ3v) is 5.98. The molecule has 1 aliphatic heterocycles. The molecule has 2 atom stereocenters. The van der Waals surface area contributed by atoms with Crippen molar-refractivity contribution in [2.75, 3.05) is 13.1 Å². The second-order valence-electron chi connectivity index (χ2n) is 7.63. The van der Waals surface area contributed by atoms with Gasteiger partial charge in [-0.15, -0.1) is 0 Å².